The van der Waals surface area contributed by atoms with Crippen LogP contribution in [0.2, 0.25) is 0 Å². The molecular formula is C13H24N4O2S. The van der Waals surface area contributed by atoms with Crippen LogP contribution in [-0.2, 0) is 17.1 Å². The number of nitrogens with zero attached hydrogens (tertiary/aromatic N) is 2. The molecule has 0 aliphatic heterocycles. The fourth-order valence-electron chi connectivity index (χ4n) is 2.88. The summed E-state index contributed by atoms with van der Waals surface area (Å²) in [6.07, 6.45) is 4.89. The topological polar surface area (TPSA) is 90.0 Å². The Morgan fingerprint density at radius 1 is 1.25 bits per heavy atom. The molecule has 114 valence electrons. The van der Waals surface area contributed by atoms with Gasteiger partial charge >= 0.3 is 0 Å². The van der Waals surface area contributed by atoms with Crippen LogP contribution in [0.1, 0.15) is 43.5 Å². The fourth-order valence-corrected chi connectivity index (χ4v) is 4.64. The molecule has 2 rings (SSSR count). The summed E-state index contributed by atoms with van der Waals surface area (Å²) in [6, 6.07) is -0.286. The van der Waals surface area contributed by atoms with E-state index in [1.807, 2.05) is 0 Å². The van der Waals surface area contributed by atoms with E-state index in [1.54, 1.807) is 25.6 Å². The second-order valence-corrected chi connectivity index (χ2v) is 7.30. The molecule has 1 aromatic heterocycles. The van der Waals surface area contributed by atoms with E-state index in [9.17, 15) is 8.42 Å². The molecule has 1 heterocycles. The molecular weight excluding hydrogens is 276 g/mol. The minimum Gasteiger partial charge on any atom is -0.326 e. The molecule has 1 fully saturated rings. The Labute approximate surface area is 120 Å². The first-order valence-electron chi connectivity index (χ1n) is 7.11. The normalized spacial score (nSPS) is 24.6. The maximum absolute atomic E-state index is 12.6. The van der Waals surface area contributed by atoms with Gasteiger partial charge in [0, 0.05) is 19.1 Å². The van der Waals surface area contributed by atoms with E-state index in [2.05, 4.69) is 9.82 Å². The zero-order valence-corrected chi connectivity index (χ0v) is 13.2. The first-order chi connectivity index (χ1) is 9.33. The zero-order valence-electron chi connectivity index (χ0n) is 12.4. The molecule has 20 heavy (non-hydrogen) atoms. The summed E-state index contributed by atoms with van der Waals surface area (Å²) in [4.78, 5) is 0.288. The fraction of sp³-hybridized carbons (Fsp3) is 0.769. The second kappa shape index (κ2) is 5.83. The Morgan fingerprint density at radius 2 is 1.90 bits per heavy atom. The summed E-state index contributed by atoms with van der Waals surface area (Å²) in [5.41, 5.74) is 7.28. The maximum atomic E-state index is 12.6. The molecule has 1 saturated carbocycles. The van der Waals surface area contributed by atoms with Crippen LogP contribution in [0.4, 0.5) is 0 Å². The number of aryl methyl sites for hydroxylation is 2. The number of sulfonamides is 1. The Bertz CT molecular complexity index is 579. The monoisotopic (exact) mass is 300 g/mol. The van der Waals surface area contributed by atoms with Gasteiger partial charge in [0.2, 0.25) is 10.0 Å². The van der Waals surface area contributed by atoms with Gasteiger partial charge in [0.05, 0.1) is 11.4 Å². The van der Waals surface area contributed by atoms with Crippen molar-refractivity contribution in [3.63, 3.8) is 0 Å². The van der Waals surface area contributed by atoms with Crippen molar-refractivity contribution >= 4 is 10.0 Å². The Hall–Kier alpha value is -0.920. The second-order valence-electron chi connectivity index (χ2n) is 5.65. The predicted molar refractivity (Wildman–Crippen MR) is 77.9 cm³/mol. The Morgan fingerprint density at radius 3 is 2.50 bits per heavy atom. The van der Waals surface area contributed by atoms with Gasteiger partial charge in [-0.05, 0) is 26.7 Å². The van der Waals surface area contributed by atoms with Crippen molar-refractivity contribution in [3.8, 4) is 0 Å². The largest absolute Gasteiger partial charge is 0.326 e. The van der Waals surface area contributed by atoms with E-state index in [4.69, 9.17) is 5.73 Å². The molecule has 6 nitrogen and oxygen atoms in total. The lowest BCUT2D eigenvalue weighted by molar-refractivity contribution is 0.456. The van der Waals surface area contributed by atoms with Crippen LogP contribution >= 0.6 is 0 Å². The highest BCUT2D eigenvalue weighted by atomic mass is 32.2. The summed E-state index contributed by atoms with van der Waals surface area (Å²) < 4.78 is 29.6. The SMILES string of the molecule is Cc1nn(C)c(C)c1S(=O)(=O)NC1CCCCCC1N. The number of hydrogen-bond donors (Lipinski definition) is 2. The molecule has 2 unspecified atom stereocenters. The summed E-state index contributed by atoms with van der Waals surface area (Å²) in [5, 5.41) is 4.17. The molecule has 1 aliphatic rings. The van der Waals surface area contributed by atoms with Gasteiger partial charge in [-0.25, -0.2) is 13.1 Å². The van der Waals surface area contributed by atoms with Crippen LogP contribution in [0.5, 0.6) is 0 Å². The van der Waals surface area contributed by atoms with Gasteiger partial charge in [-0.1, -0.05) is 19.3 Å². The van der Waals surface area contributed by atoms with E-state index < -0.39 is 10.0 Å². The highest BCUT2D eigenvalue weighted by molar-refractivity contribution is 7.89. The third-order valence-corrected chi connectivity index (χ3v) is 5.83. The zero-order chi connectivity index (χ0) is 14.9. The van der Waals surface area contributed by atoms with Crippen molar-refractivity contribution in [3.05, 3.63) is 11.4 Å². The first-order valence-corrected chi connectivity index (χ1v) is 8.59. The summed E-state index contributed by atoms with van der Waals surface area (Å²) in [7, 11) is -1.81. The minimum absolute atomic E-state index is 0.107. The van der Waals surface area contributed by atoms with E-state index in [-0.39, 0.29) is 17.0 Å². The van der Waals surface area contributed by atoms with Crippen LogP contribution < -0.4 is 10.5 Å². The molecule has 0 saturated heterocycles. The molecule has 1 aliphatic carbocycles. The summed E-state index contributed by atoms with van der Waals surface area (Å²) in [6.45, 7) is 3.48. The number of nitrogens with two attached hydrogens (primary N) is 1. The third-order valence-electron chi connectivity index (χ3n) is 4.09. The minimum atomic E-state index is -3.56. The van der Waals surface area contributed by atoms with E-state index >= 15 is 0 Å². The average molecular weight is 300 g/mol. The Balaban J connectivity index is 2.26. The summed E-state index contributed by atoms with van der Waals surface area (Å²) in [5.74, 6) is 0. The van der Waals surface area contributed by atoms with Gasteiger partial charge < -0.3 is 5.73 Å². The average Bonchev–Trinajstić information content (AvgIpc) is 2.50. The van der Waals surface area contributed by atoms with Crippen LogP contribution in [0.25, 0.3) is 0 Å². The highest BCUT2D eigenvalue weighted by Crippen LogP contribution is 2.22. The van der Waals surface area contributed by atoms with Crippen LogP contribution in [0.3, 0.4) is 0 Å². The summed E-state index contributed by atoms with van der Waals surface area (Å²) >= 11 is 0. The molecule has 2 atom stereocenters. The molecule has 0 aromatic carbocycles. The highest BCUT2D eigenvalue weighted by Gasteiger charge is 2.29. The van der Waals surface area contributed by atoms with Gasteiger partial charge in [0.1, 0.15) is 4.90 Å². The van der Waals surface area contributed by atoms with Crippen LogP contribution in [0, 0.1) is 13.8 Å². The number of hydrogen-bond acceptors (Lipinski definition) is 4. The van der Waals surface area contributed by atoms with E-state index in [1.165, 1.54) is 0 Å². The van der Waals surface area contributed by atoms with Gasteiger partial charge in [-0.2, -0.15) is 5.10 Å². The molecule has 3 N–H and O–H groups in total. The van der Waals surface area contributed by atoms with Crippen molar-refractivity contribution in [2.75, 3.05) is 0 Å². The van der Waals surface area contributed by atoms with E-state index in [0.29, 0.717) is 11.4 Å². The van der Waals surface area contributed by atoms with Crippen molar-refractivity contribution in [2.24, 2.45) is 12.8 Å². The molecule has 1 aromatic rings. The van der Waals surface area contributed by atoms with Gasteiger partial charge in [0.25, 0.3) is 0 Å². The predicted octanol–water partition coefficient (Wildman–Crippen LogP) is 0.975. The van der Waals surface area contributed by atoms with Gasteiger partial charge in [-0.3, -0.25) is 4.68 Å². The van der Waals surface area contributed by atoms with Gasteiger partial charge in [-0.15, -0.1) is 0 Å². The molecule has 7 heteroatoms. The number of rotatable bonds is 3. The lowest BCUT2D eigenvalue weighted by Gasteiger charge is -2.22. The molecule has 0 amide bonds. The van der Waals surface area contributed by atoms with Crippen molar-refractivity contribution in [2.45, 2.75) is 62.9 Å². The maximum Gasteiger partial charge on any atom is 0.244 e. The van der Waals surface area contributed by atoms with Crippen molar-refractivity contribution < 1.29 is 8.42 Å². The number of nitrogens with one attached hydrogen (secondary N) is 1. The van der Waals surface area contributed by atoms with Crippen molar-refractivity contribution in [1.29, 1.82) is 0 Å². The number of aromatic nitrogens is 2. The first kappa shape index (κ1) is 15.5. The smallest absolute Gasteiger partial charge is 0.244 e. The lowest BCUT2D eigenvalue weighted by Crippen LogP contribution is -2.47. The lowest BCUT2D eigenvalue weighted by atomic mass is 10.1. The standard InChI is InChI=1S/C13H24N4O2S/c1-9-13(10(2)17(3)15-9)20(18,19)16-12-8-6-4-5-7-11(12)14/h11-12,16H,4-8,14H2,1-3H3. The molecule has 0 radical (unpaired) electrons. The molecule has 0 bridgehead atoms. The van der Waals surface area contributed by atoms with E-state index in [0.717, 1.165) is 32.1 Å². The third kappa shape index (κ3) is 3.05. The van der Waals surface area contributed by atoms with Gasteiger partial charge in [0.15, 0.2) is 0 Å². The van der Waals surface area contributed by atoms with Crippen LogP contribution in [-0.4, -0.2) is 30.3 Å². The quantitative estimate of drug-likeness (QED) is 0.814. The Kier molecular flexibility index (Phi) is 4.51. The molecule has 0 spiro atoms. The van der Waals surface area contributed by atoms with Crippen molar-refractivity contribution in [1.82, 2.24) is 14.5 Å². The van der Waals surface area contributed by atoms with Crippen LogP contribution in [0.15, 0.2) is 4.90 Å².